The number of tetrazole rings is 1. The lowest BCUT2D eigenvalue weighted by Crippen LogP contribution is -2.35. The Balaban J connectivity index is 1.49. The van der Waals surface area contributed by atoms with Gasteiger partial charge in [-0.15, -0.1) is 5.10 Å². The van der Waals surface area contributed by atoms with Crippen LogP contribution in [-0.2, 0) is 6.54 Å². The molecule has 2 aromatic carbocycles. The maximum atomic E-state index is 13.6. The van der Waals surface area contributed by atoms with Crippen molar-refractivity contribution >= 4 is 10.9 Å². The van der Waals surface area contributed by atoms with E-state index >= 15 is 0 Å². The minimum Gasteiger partial charge on any atom is -0.454 e. The molecule has 0 spiro atoms. The summed E-state index contributed by atoms with van der Waals surface area (Å²) in [5.74, 6) is 2.04. The lowest BCUT2D eigenvalue weighted by Gasteiger charge is -2.32. The third-order valence-electron chi connectivity index (χ3n) is 7.34. The Kier molecular flexibility index (Phi) is 6.14. The number of pyridine rings is 1. The van der Waals surface area contributed by atoms with Crippen molar-refractivity contribution < 1.29 is 9.47 Å². The van der Waals surface area contributed by atoms with Crippen LogP contribution in [0.5, 0.6) is 11.5 Å². The molecular formula is C27H30N6O3. The Morgan fingerprint density at radius 2 is 1.86 bits per heavy atom. The van der Waals surface area contributed by atoms with Crippen molar-refractivity contribution in [1.29, 1.82) is 0 Å². The van der Waals surface area contributed by atoms with Gasteiger partial charge in [0.15, 0.2) is 17.3 Å². The number of rotatable bonds is 7. The van der Waals surface area contributed by atoms with Crippen LogP contribution in [-0.4, -0.2) is 43.4 Å². The molecule has 2 aromatic heterocycles. The van der Waals surface area contributed by atoms with Crippen LogP contribution in [0.3, 0.4) is 0 Å². The van der Waals surface area contributed by atoms with Gasteiger partial charge in [-0.2, -0.15) is 0 Å². The highest BCUT2D eigenvalue weighted by Gasteiger charge is 2.32. The Labute approximate surface area is 209 Å². The number of nitrogens with zero attached hydrogens (tertiary/aromatic N) is 5. The summed E-state index contributed by atoms with van der Waals surface area (Å²) in [6, 6.07) is 15.8. The molecule has 6 rings (SSSR count). The van der Waals surface area contributed by atoms with E-state index in [0.717, 1.165) is 24.8 Å². The molecule has 186 valence electrons. The molecule has 9 heteroatoms. The fourth-order valence-corrected chi connectivity index (χ4v) is 5.48. The Hall–Kier alpha value is -3.72. The summed E-state index contributed by atoms with van der Waals surface area (Å²) < 4.78 is 13.1. The maximum Gasteiger partial charge on any atom is 0.253 e. The van der Waals surface area contributed by atoms with Gasteiger partial charge >= 0.3 is 0 Å². The molecule has 0 amide bonds. The molecule has 3 heterocycles. The quantitative estimate of drug-likeness (QED) is 0.414. The average Bonchev–Trinajstić information content (AvgIpc) is 3.58. The van der Waals surface area contributed by atoms with E-state index in [0.29, 0.717) is 34.9 Å². The second kappa shape index (κ2) is 9.73. The number of aromatic amines is 1. The van der Waals surface area contributed by atoms with E-state index < -0.39 is 6.04 Å². The van der Waals surface area contributed by atoms with Crippen LogP contribution in [0, 0.1) is 0 Å². The minimum absolute atomic E-state index is 0.156. The van der Waals surface area contributed by atoms with Crippen molar-refractivity contribution in [2.75, 3.05) is 13.3 Å². The molecule has 1 saturated carbocycles. The number of nitrogens with one attached hydrogen (secondary N) is 1. The van der Waals surface area contributed by atoms with E-state index in [1.165, 1.54) is 24.8 Å². The lowest BCUT2D eigenvalue weighted by molar-refractivity contribution is 0.174. The van der Waals surface area contributed by atoms with Gasteiger partial charge in [0.2, 0.25) is 6.79 Å². The molecule has 1 aliphatic heterocycles. The van der Waals surface area contributed by atoms with Gasteiger partial charge in [-0.1, -0.05) is 56.5 Å². The van der Waals surface area contributed by atoms with Crippen LogP contribution in [0.1, 0.15) is 68.1 Å². The number of ether oxygens (including phenoxy) is 2. The number of benzene rings is 2. The monoisotopic (exact) mass is 486 g/mol. The van der Waals surface area contributed by atoms with Crippen molar-refractivity contribution in [1.82, 2.24) is 30.1 Å². The Morgan fingerprint density at radius 1 is 1.08 bits per heavy atom. The van der Waals surface area contributed by atoms with Crippen LogP contribution in [0.2, 0.25) is 0 Å². The zero-order valence-electron chi connectivity index (χ0n) is 20.4. The van der Waals surface area contributed by atoms with Crippen molar-refractivity contribution in [3.63, 3.8) is 0 Å². The summed E-state index contributed by atoms with van der Waals surface area (Å²) in [6.07, 6.45) is 5.67. The van der Waals surface area contributed by atoms with Crippen molar-refractivity contribution in [3.05, 3.63) is 75.8 Å². The number of fused-ring (bicyclic) bond motifs is 2. The predicted octanol–water partition coefficient (Wildman–Crippen LogP) is 4.36. The lowest BCUT2D eigenvalue weighted by atomic mass is 9.95. The second-order valence-corrected chi connectivity index (χ2v) is 9.57. The third-order valence-corrected chi connectivity index (χ3v) is 7.34. The van der Waals surface area contributed by atoms with Gasteiger partial charge in [0.25, 0.3) is 5.56 Å². The van der Waals surface area contributed by atoms with Crippen LogP contribution in [0.15, 0.2) is 53.3 Å². The van der Waals surface area contributed by atoms with Gasteiger partial charge in [-0.3, -0.25) is 9.69 Å². The first-order valence-electron chi connectivity index (χ1n) is 12.7. The summed E-state index contributed by atoms with van der Waals surface area (Å²) in [5, 5.41) is 13.9. The summed E-state index contributed by atoms with van der Waals surface area (Å²) in [7, 11) is 0. The third kappa shape index (κ3) is 4.24. The van der Waals surface area contributed by atoms with Gasteiger partial charge in [0.05, 0.1) is 11.6 Å². The average molecular weight is 487 g/mol. The molecule has 1 atom stereocenters. The van der Waals surface area contributed by atoms with E-state index in [4.69, 9.17) is 9.47 Å². The Bertz CT molecular complexity index is 1410. The van der Waals surface area contributed by atoms with Gasteiger partial charge < -0.3 is 14.5 Å². The normalized spacial score (nSPS) is 16.6. The van der Waals surface area contributed by atoms with E-state index in [9.17, 15) is 4.79 Å². The molecule has 0 unspecified atom stereocenters. The molecule has 1 aliphatic carbocycles. The highest BCUT2D eigenvalue weighted by Crippen LogP contribution is 2.37. The van der Waals surface area contributed by atoms with Gasteiger partial charge in [-0.05, 0) is 47.5 Å². The van der Waals surface area contributed by atoms with E-state index in [-0.39, 0.29) is 18.4 Å². The largest absolute Gasteiger partial charge is 0.454 e. The zero-order chi connectivity index (χ0) is 24.5. The standard InChI is InChI=1S/C27H30N6O3/c1-2-32(16-18-9-5-3-6-10-18)25(26-29-30-31-33(26)20-11-7-4-8-12-20)21-13-19-14-23-24(36-17-35-23)15-22(19)28-27(21)34/h3,5-6,9-10,13-15,20,25H,2,4,7-8,11-12,16-17H2,1H3,(H,28,34)/t25-/m1/s1. The number of aromatic nitrogens is 5. The highest BCUT2D eigenvalue weighted by molar-refractivity contribution is 5.83. The van der Waals surface area contributed by atoms with Crippen molar-refractivity contribution in [2.45, 2.75) is 57.7 Å². The first kappa shape index (κ1) is 22.7. The predicted molar refractivity (Wildman–Crippen MR) is 135 cm³/mol. The fourth-order valence-electron chi connectivity index (χ4n) is 5.48. The summed E-state index contributed by atoms with van der Waals surface area (Å²) in [4.78, 5) is 18.9. The first-order valence-corrected chi connectivity index (χ1v) is 12.7. The van der Waals surface area contributed by atoms with Crippen molar-refractivity contribution in [3.8, 4) is 11.5 Å². The van der Waals surface area contributed by atoms with Gasteiger partial charge in [0, 0.05) is 23.6 Å². The van der Waals surface area contributed by atoms with Crippen LogP contribution in [0.4, 0.5) is 0 Å². The van der Waals surface area contributed by atoms with E-state index in [1.807, 2.05) is 41.1 Å². The zero-order valence-corrected chi connectivity index (χ0v) is 20.4. The van der Waals surface area contributed by atoms with Gasteiger partial charge in [-0.25, -0.2) is 4.68 Å². The maximum absolute atomic E-state index is 13.6. The molecule has 0 saturated heterocycles. The minimum atomic E-state index is -0.411. The van der Waals surface area contributed by atoms with Crippen LogP contribution >= 0.6 is 0 Å². The molecule has 4 aromatic rings. The van der Waals surface area contributed by atoms with Crippen molar-refractivity contribution in [2.24, 2.45) is 0 Å². The fraction of sp³-hybridized carbons (Fsp3) is 0.407. The highest BCUT2D eigenvalue weighted by atomic mass is 16.7. The molecule has 2 aliphatic rings. The SMILES string of the molecule is CCN(Cc1ccccc1)[C@H](c1cc2cc3c(cc2[nH]c1=O)OCO3)c1nnnn1C1CCCCC1. The summed E-state index contributed by atoms with van der Waals surface area (Å²) >= 11 is 0. The van der Waals surface area contributed by atoms with E-state index in [1.54, 1.807) is 0 Å². The molecule has 1 fully saturated rings. The molecule has 0 radical (unpaired) electrons. The first-order chi connectivity index (χ1) is 17.7. The smallest absolute Gasteiger partial charge is 0.253 e. The molecular weight excluding hydrogens is 456 g/mol. The summed E-state index contributed by atoms with van der Waals surface area (Å²) in [5.41, 5.74) is 2.34. The topological polar surface area (TPSA) is 98.2 Å². The molecule has 1 N–H and O–H groups in total. The molecule has 9 nitrogen and oxygen atoms in total. The number of hydrogen-bond donors (Lipinski definition) is 1. The number of hydrogen-bond acceptors (Lipinski definition) is 7. The second-order valence-electron chi connectivity index (χ2n) is 9.57. The van der Waals surface area contributed by atoms with Gasteiger partial charge in [0.1, 0.15) is 6.04 Å². The molecule has 36 heavy (non-hydrogen) atoms. The number of H-pyrrole nitrogens is 1. The Morgan fingerprint density at radius 3 is 2.64 bits per heavy atom. The van der Waals surface area contributed by atoms with E-state index in [2.05, 4.69) is 44.5 Å². The molecule has 0 bridgehead atoms. The van der Waals surface area contributed by atoms with Crippen LogP contribution in [0.25, 0.3) is 10.9 Å². The van der Waals surface area contributed by atoms with Crippen LogP contribution < -0.4 is 15.0 Å². The summed E-state index contributed by atoms with van der Waals surface area (Å²) in [6.45, 7) is 3.67.